The lowest BCUT2D eigenvalue weighted by Gasteiger charge is -2.18. The van der Waals surface area contributed by atoms with Crippen LogP contribution in [0.5, 0.6) is 0 Å². The highest BCUT2D eigenvalue weighted by Gasteiger charge is 2.11. The van der Waals surface area contributed by atoms with Gasteiger partial charge >= 0.3 is 0 Å². The van der Waals surface area contributed by atoms with Gasteiger partial charge in [-0.05, 0) is 68.1 Å². The van der Waals surface area contributed by atoms with E-state index in [1.165, 1.54) is 37.7 Å². The fourth-order valence-electron chi connectivity index (χ4n) is 3.03. The van der Waals surface area contributed by atoms with Crippen molar-refractivity contribution in [3.8, 4) is 0 Å². The summed E-state index contributed by atoms with van der Waals surface area (Å²) < 4.78 is 0. The summed E-state index contributed by atoms with van der Waals surface area (Å²) in [5.41, 5.74) is 10.5. The van der Waals surface area contributed by atoms with Gasteiger partial charge in [0.15, 0.2) is 0 Å². The van der Waals surface area contributed by atoms with E-state index in [2.05, 4.69) is 32.0 Å². The molecule has 0 bridgehead atoms. The van der Waals surface area contributed by atoms with Crippen molar-refractivity contribution in [2.24, 2.45) is 11.7 Å². The Morgan fingerprint density at radius 1 is 1.12 bits per heavy atom. The molecule has 17 heavy (non-hydrogen) atoms. The molecule has 1 aliphatic rings. The molecule has 0 amide bonds. The van der Waals surface area contributed by atoms with Crippen LogP contribution in [0.25, 0.3) is 0 Å². The van der Waals surface area contributed by atoms with Crippen molar-refractivity contribution in [2.45, 2.75) is 58.4 Å². The highest BCUT2D eigenvalue weighted by Crippen LogP contribution is 2.23. The van der Waals surface area contributed by atoms with Gasteiger partial charge in [0.05, 0.1) is 0 Å². The fraction of sp³-hybridized carbons (Fsp3) is 0.625. The highest BCUT2D eigenvalue weighted by molar-refractivity contribution is 5.34. The lowest BCUT2D eigenvalue weighted by atomic mass is 9.88. The molecule has 2 rings (SSSR count). The van der Waals surface area contributed by atoms with Crippen LogP contribution in [0.15, 0.2) is 18.2 Å². The molecular weight excluding hydrogens is 206 g/mol. The monoisotopic (exact) mass is 231 g/mol. The molecule has 1 nitrogen and oxygen atoms in total. The maximum atomic E-state index is 5.86. The first kappa shape index (κ1) is 12.6. The molecule has 2 N–H and O–H groups in total. The minimum atomic E-state index is 0.322. The van der Waals surface area contributed by atoms with E-state index < -0.39 is 0 Å². The molecule has 1 aromatic rings. The number of rotatable bonds is 4. The van der Waals surface area contributed by atoms with Gasteiger partial charge in [0.25, 0.3) is 0 Å². The first-order valence-corrected chi connectivity index (χ1v) is 7.01. The van der Waals surface area contributed by atoms with E-state index in [1.54, 1.807) is 11.1 Å². The second-order valence-electron chi connectivity index (χ2n) is 5.83. The summed E-state index contributed by atoms with van der Waals surface area (Å²) in [5.74, 6) is 0.691. The van der Waals surface area contributed by atoms with Crippen molar-refractivity contribution in [1.29, 1.82) is 0 Å². The normalized spacial score (nSPS) is 18.5. The van der Waals surface area contributed by atoms with E-state index in [-0.39, 0.29) is 0 Å². The molecule has 94 valence electrons. The Morgan fingerprint density at radius 2 is 1.82 bits per heavy atom. The molecule has 0 saturated heterocycles. The highest BCUT2D eigenvalue weighted by atomic mass is 14.6. The Kier molecular flexibility index (Phi) is 4.22. The van der Waals surface area contributed by atoms with Crippen LogP contribution in [0.2, 0.25) is 0 Å². The number of nitrogens with two attached hydrogens (primary N) is 1. The Labute approximate surface area is 105 Å². The Morgan fingerprint density at radius 3 is 2.53 bits per heavy atom. The molecule has 1 heteroatoms. The van der Waals surface area contributed by atoms with Gasteiger partial charge in [-0.2, -0.15) is 0 Å². The van der Waals surface area contributed by atoms with Gasteiger partial charge in [-0.25, -0.2) is 0 Å². The summed E-state index contributed by atoms with van der Waals surface area (Å²) in [7, 11) is 0. The van der Waals surface area contributed by atoms with Crippen molar-refractivity contribution in [3.05, 3.63) is 34.9 Å². The van der Waals surface area contributed by atoms with E-state index in [0.29, 0.717) is 12.0 Å². The Hall–Kier alpha value is -0.820. The largest absolute Gasteiger partial charge is 0.328 e. The van der Waals surface area contributed by atoms with E-state index in [1.807, 2.05) is 0 Å². The van der Waals surface area contributed by atoms with Crippen LogP contribution in [-0.4, -0.2) is 6.04 Å². The van der Waals surface area contributed by atoms with Crippen LogP contribution in [0.4, 0.5) is 0 Å². The lowest BCUT2D eigenvalue weighted by Crippen LogP contribution is -2.19. The topological polar surface area (TPSA) is 26.0 Å². The minimum absolute atomic E-state index is 0.322. The van der Waals surface area contributed by atoms with Crippen LogP contribution in [-0.2, 0) is 19.3 Å². The van der Waals surface area contributed by atoms with Crippen LogP contribution in [0.3, 0.4) is 0 Å². The second-order valence-corrected chi connectivity index (χ2v) is 5.83. The van der Waals surface area contributed by atoms with Gasteiger partial charge in [0, 0.05) is 6.04 Å². The lowest BCUT2D eigenvalue weighted by molar-refractivity contribution is 0.479. The van der Waals surface area contributed by atoms with Crippen LogP contribution in [0.1, 0.15) is 49.8 Å². The van der Waals surface area contributed by atoms with Crippen molar-refractivity contribution in [1.82, 2.24) is 0 Å². The molecular formula is C16H25N. The second kappa shape index (κ2) is 5.68. The van der Waals surface area contributed by atoms with Crippen LogP contribution < -0.4 is 5.73 Å². The van der Waals surface area contributed by atoms with E-state index >= 15 is 0 Å². The van der Waals surface area contributed by atoms with Crippen molar-refractivity contribution >= 4 is 0 Å². The Balaban J connectivity index is 2.01. The number of benzene rings is 1. The third-order valence-electron chi connectivity index (χ3n) is 3.77. The van der Waals surface area contributed by atoms with Gasteiger partial charge in [0.1, 0.15) is 0 Å². The minimum Gasteiger partial charge on any atom is -0.328 e. The first-order chi connectivity index (χ1) is 8.15. The number of fused-ring (bicyclic) bond motifs is 1. The average Bonchev–Trinajstić information content (AvgIpc) is 2.27. The quantitative estimate of drug-likeness (QED) is 0.843. The molecule has 0 radical (unpaired) electrons. The Bertz CT molecular complexity index is 368. The summed E-state index contributed by atoms with van der Waals surface area (Å²) in [4.78, 5) is 0. The summed E-state index contributed by atoms with van der Waals surface area (Å²) in [5, 5.41) is 0. The molecule has 2 unspecified atom stereocenters. The standard InChI is InChI=1S/C16H25N/c1-12(9-13(2)17)10-14-7-8-15-5-3-4-6-16(15)11-14/h7-8,11-13H,3-6,9-10,17H2,1-2H3. The third kappa shape index (κ3) is 3.57. The van der Waals surface area contributed by atoms with Crippen molar-refractivity contribution < 1.29 is 0 Å². The summed E-state index contributed by atoms with van der Waals surface area (Å²) in [6.45, 7) is 4.41. The molecule has 0 aromatic heterocycles. The number of hydrogen-bond donors (Lipinski definition) is 1. The molecule has 2 atom stereocenters. The first-order valence-electron chi connectivity index (χ1n) is 7.01. The van der Waals surface area contributed by atoms with Crippen molar-refractivity contribution in [2.75, 3.05) is 0 Å². The van der Waals surface area contributed by atoms with E-state index in [4.69, 9.17) is 5.73 Å². The van der Waals surface area contributed by atoms with Gasteiger partial charge in [-0.15, -0.1) is 0 Å². The number of aryl methyl sites for hydroxylation is 2. The van der Waals surface area contributed by atoms with Gasteiger partial charge in [-0.1, -0.05) is 25.1 Å². The maximum absolute atomic E-state index is 5.86. The molecule has 0 saturated carbocycles. The SMILES string of the molecule is CC(N)CC(C)Cc1ccc2c(c1)CCCC2. The summed E-state index contributed by atoms with van der Waals surface area (Å²) in [6, 6.07) is 7.43. The van der Waals surface area contributed by atoms with Crippen LogP contribution >= 0.6 is 0 Å². The predicted octanol–water partition coefficient (Wildman–Crippen LogP) is 3.48. The smallest absolute Gasteiger partial charge is 0.00131 e. The molecule has 0 fully saturated rings. The van der Waals surface area contributed by atoms with Crippen LogP contribution in [0, 0.1) is 5.92 Å². The van der Waals surface area contributed by atoms with Gasteiger partial charge in [-0.3, -0.25) is 0 Å². The summed E-state index contributed by atoms with van der Waals surface area (Å²) >= 11 is 0. The molecule has 0 aliphatic heterocycles. The average molecular weight is 231 g/mol. The maximum Gasteiger partial charge on any atom is 0.00131 e. The van der Waals surface area contributed by atoms with Crippen molar-refractivity contribution in [3.63, 3.8) is 0 Å². The number of hydrogen-bond acceptors (Lipinski definition) is 1. The zero-order valence-electron chi connectivity index (χ0n) is 11.2. The molecule has 0 spiro atoms. The van der Waals surface area contributed by atoms with E-state index in [0.717, 1.165) is 6.42 Å². The fourth-order valence-corrected chi connectivity index (χ4v) is 3.03. The molecule has 1 aromatic carbocycles. The third-order valence-corrected chi connectivity index (χ3v) is 3.77. The van der Waals surface area contributed by atoms with Gasteiger partial charge in [0.2, 0.25) is 0 Å². The van der Waals surface area contributed by atoms with E-state index in [9.17, 15) is 0 Å². The van der Waals surface area contributed by atoms with Gasteiger partial charge < -0.3 is 5.73 Å². The molecule has 1 aliphatic carbocycles. The zero-order chi connectivity index (χ0) is 12.3. The molecule has 0 heterocycles. The predicted molar refractivity (Wildman–Crippen MR) is 74.2 cm³/mol. The summed E-state index contributed by atoms with van der Waals surface area (Å²) in [6.07, 6.45) is 7.60. The zero-order valence-corrected chi connectivity index (χ0v) is 11.2.